The van der Waals surface area contributed by atoms with Gasteiger partial charge in [0, 0.05) is 18.2 Å². The van der Waals surface area contributed by atoms with Gasteiger partial charge >= 0.3 is 5.97 Å². The smallest absolute Gasteiger partial charge is 0.339 e. The van der Waals surface area contributed by atoms with E-state index in [2.05, 4.69) is 5.16 Å². The quantitative estimate of drug-likeness (QED) is 0.753. The van der Waals surface area contributed by atoms with Crippen molar-refractivity contribution in [2.45, 2.75) is 18.4 Å². The fourth-order valence-electron chi connectivity index (χ4n) is 3.33. The summed E-state index contributed by atoms with van der Waals surface area (Å²) in [6, 6.07) is 8.92. The van der Waals surface area contributed by atoms with E-state index in [1.165, 1.54) is 12.3 Å². The molecular weight excluding hydrogens is 284 g/mol. The number of likely N-dealkylation sites (tertiary alicyclic amines) is 1. The Balaban J connectivity index is 1.67. The molecule has 0 saturated carbocycles. The number of hydrogen-bond donors (Lipinski definition) is 0. The molecule has 0 radical (unpaired) electrons. The highest BCUT2D eigenvalue weighted by atomic mass is 16.6. The van der Waals surface area contributed by atoms with E-state index >= 15 is 0 Å². The molecule has 0 unspecified atom stereocenters. The van der Waals surface area contributed by atoms with Crippen LogP contribution in [0, 0.1) is 0 Å². The molecule has 0 N–H and O–H groups in total. The van der Waals surface area contributed by atoms with Crippen molar-refractivity contribution in [2.24, 2.45) is 0 Å². The number of benzene rings is 1. The molecule has 0 aliphatic carbocycles. The lowest BCUT2D eigenvalue weighted by Crippen LogP contribution is -2.48. The van der Waals surface area contributed by atoms with Crippen LogP contribution in [0.25, 0.3) is 0 Å². The Morgan fingerprint density at radius 2 is 2.14 bits per heavy atom. The Bertz CT molecular complexity index is 740. The lowest BCUT2D eigenvalue weighted by molar-refractivity contribution is -0.0448. The van der Waals surface area contributed by atoms with Gasteiger partial charge in [-0.15, -0.1) is 0 Å². The Morgan fingerprint density at radius 1 is 1.27 bits per heavy atom. The second-order valence-electron chi connectivity index (χ2n) is 5.64. The first-order chi connectivity index (χ1) is 10.7. The fraction of sp³-hybridized carbons (Fsp3) is 0.312. The second kappa shape index (κ2) is 4.69. The third kappa shape index (κ3) is 1.83. The van der Waals surface area contributed by atoms with Crippen LogP contribution in [-0.2, 0) is 10.3 Å². The molecule has 112 valence electrons. The molecule has 0 bridgehead atoms. The molecule has 1 aromatic carbocycles. The summed E-state index contributed by atoms with van der Waals surface area (Å²) in [7, 11) is 0. The van der Waals surface area contributed by atoms with Crippen molar-refractivity contribution < 1.29 is 18.8 Å². The third-order valence-electron chi connectivity index (χ3n) is 4.32. The molecule has 6 nitrogen and oxygen atoms in total. The summed E-state index contributed by atoms with van der Waals surface area (Å²) in [5, 5.41) is 3.57. The zero-order chi connectivity index (χ0) is 15.2. The average molecular weight is 298 g/mol. The predicted molar refractivity (Wildman–Crippen MR) is 75.2 cm³/mol. The lowest BCUT2D eigenvalue weighted by Gasteiger charge is -2.39. The van der Waals surface area contributed by atoms with Gasteiger partial charge in [-0.1, -0.05) is 23.4 Å². The minimum absolute atomic E-state index is 0.203. The number of rotatable bonds is 1. The molecule has 2 aliphatic heterocycles. The summed E-state index contributed by atoms with van der Waals surface area (Å²) in [6.07, 6.45) is 2.93. The summed E-state index contributed by atoms with van der Waals surface area (Å²) in [6.45, 7) is 0.955. The molecule has 2 aromatic rings. The van der Waals surface area contributed by atoms with Crippen molar-refractivity contribution in [3.8, 4) is 0 Å². The van der Waals surface area contributed by atoms with Gasteiger partial charge in [-0.05, 0) is 18.9 Å². The van der Waals surface area contributed by atoms with Crippen molar-refractivity contribution in [3.05, 3.63) is 53.4 Å². The van der Waals surface area contributed by atoms with Crippen molar-refractivity contribution in [2.75, 3.05) is 13.1 Å². The monoisotopic (exact) mass is 298 g/mol. The van der Waals surface area contributed by atoms with E-state index in [-0.39, 0.29) is 17.6 Å². The number of amides is 1. The van der Waals surface area contributed by atoms with E-state index in [1.807, 2.05) is 18.2 Å². The molecule has 1 fully saturated rings. The molecular formula is C16H14N2O4. The van der Waals surface area contributed by atoms with Gasteiger partial charge in [0.1, 0.15) is 0 Å². The van der Waals surface area contributed by atoms with Crippen molar-refractivity contribution in [1.82, 2.24) is 10.1 Å². The Morgan fingerprint density at radius 3 is 2.95 bits per heavy atom. The van der Waals surface area contributed by atoms with Crippen LogP contribution in [0.2, 0.25) is 0 Å². The van der Waals surface area contributed by atoms with Gasteiger partial charge in [0.25, 0.3) is 5.91 Å². The Labute approximate surface area is 126 Å². The SMILES string of the molecule is O=C1O[C@]2(CCCN(C(=O)c3ccno3)C2)c2ccccc21. The number of esters is 1. The number of fused-ring (bicyclic) bond motifs is 2. The fourth-order valence-corrected chi connectivity index (χ4v) is 3.33. The molecule has 2 aliphatic rings. The molecule has 1 atom stereocenters. The molecule has 1 spiro atoms. The summed E-state index contributed by atoms with van der Waals surface area (Å²) in [5.74, 6) is -0.337. The van der Waals surface area contributed by atoms with E-state index in [1.54, 1.807) is 11.0 Å². The number of carbonyl (C=O) groups is 2. The van der Waals surface area contributed by atoms with Crippen LogP contribution in [0.5, 0.6) is 0 Å². The van der Waals surface area contributed by atoms with Gasteiger partial charge < -0.3 is 14.2 Å². The largest absolute Gasteiger partial charge is 0.449 e. The number of piperidine rings is 1. The van der Waals surface area contributed by atoms with Crippen molar-refractivity contribution in [3.63, 3.8) is 0 Å². The van der Waals surface area contributed by atoms with Crippen LogP contribution in [-0.4, -0.2) is 35.0 Å². The van der Waals surface area contributed by atoms with Gasteiger partial charge in [0.2, 0.25) is 5.76 Å². The molecule has 1 amide bonds. The summed E-state index contributed by atoms with van der Waals surface area (Å²) in [5.41, 5.74) is 0.730. The molecule has 1 aromatic heterocycles. The summed E-state index contributed by atoms with van der Waals surface area (Å²) >= 11 is 0. The highest BCUT2D eigenvalue weighted by Crippen LogP contribution is 2.42. The normalized spacial score (nSPS) is 23.5. The molecule has 3 heterocycles. The highest BCUT2D eigenvalue weighted by molar-refractivity contribution is 5.95. The van der Waals surface area contributed by atoms with E-state index in [4.69, 9.17) is 9.26 Å². The predicted octanol–water partition coefficient (Wildman–Crippen LogP) is 1.98. The maximum Gasteiger partial charge on any atom is 0.339 e. The molecule has 1 saturated heterocycles. The van der Waals surface area contributed by atoms with Crippen LogP contribution >= 0.6 is 0 Å². The van der Waals surface area contributed by atoms with Gasteiger partial charge in [0.15, 0.2) is 5.60 Å². The molecule has 6 heteroatoms. The van der Waals surface area contributed by atoms with Crippen molar-refractivity contribution >= 4 is 11.9 Å². The topological polar surface area (TPSA) is 72.6 Å². The molecule has 22 heavy (non-hydrogen) atoms. The van der Waals surface area contributed by atoms with E-state index in [0.29, 0.717) is 18.7 Å². The number of ether oxygens (including phenoxy) is 1. The van der Waals surface area contributed by atoms with Gasteiger partial charge in [-0.3, -0.25) is 4.79 Å². The third-order valence-corrected chi connectivity index (χ3v) is 4.32. The Kier molecular flexibility index (Phi) is 2.79. The van der Waals surface area contributed by atoms with Crippen LogP contribution < -0.4 is 0 Å². The Hall–Kier alpha value is -2.63. The summed E-state index contributed by atoms with van der Waals surface area (Å²) in [4.78, 5) is 26.2. The maximum absolute atomic E-state index is 12.4. The summed E-state index contributed by atoms with van der Waals surface area (Å²) < 4.78 is 10.6. The maximum atomic E-state index is 12.4. The van der Waals surface area contributed by atoms with E-state index in [9.17, 15) is 9.59 Å². The van der Waals surface area contributed by atoms with Gasteiger partial charge in [-0.2, -0.15) is 0 Å². The minimum Gasteiger partial charge on any atom is -0.449 e. The number of nitrogens with zero attached hydrogens (tertiary/aromatic N) is 2. The van der Waals surface area contributed by atoms with Crippen LogP contribution in [0.15, 0.2) is 41.1 Å². The van der Waals surface area contributed by atoms with Gasteiger partial charge in [-0.25, -0.2) is 4.79 Å². The standard InChI is InChI=1S/C16H14N2O4/c19-14(13-6-8-17-22-13)18-9-3-7-16(10-18)12-5-2-1-4-11(12)15(20)21-16/h1-2,4-6,8H,3,7,9-10H2/t16-/m0/s1. The lowest BCUT2D eigenvalue weighted by atomic mass is 9.85. The highest BCUT2D eigenvalue weighted by Gasteiger charge is 2.49. The number of carbonyl (C=O) groups excluding carboxylic acids is 2. The van der Waals surface area contributed by atoms with Crippen molar-refractivity contribution in [1.29, 1.82) is 0 Å². The first kappa shape index (κ1) is 13.1. The van der Waals surface area contributed by atoms with Gasteiger partial charge in [0.05, 0.1) is 18.3 Å². The number of aromatic nitrogens is 1. The van der Waals surface area contributed by atoms with E-state index < -0.39 is 5.60 Å². The zero-order valence-electron chi connectivity index (χ0n) is 11.8. The zero-order valence-corrected chi connectivity index (χ0v) is 11.8. The van der Waals surface area contributed by atoms with Crippen LogP contribution in [0.3, 0.4) is 0 Å². The second-order valence-corrected chi connectivity index (χ2v) is 5.64. The average Bonchev–Trinajstić information content (AvgIpc) is 3.16. The van der Waals surface area contributed by atoms with Crippen LogP contribution in [0.4, 0.5) is 0 Å². The molecule has 4 rings (SSSR count). The minimum atomic E-state index is -0.735. The van der Waals surface area contributed by atoms with Crippen LogP contribution in [0.1, 0.15) is 39.3 Å². The first-order valence-electron chi connectivity index (χ1n) is 7.22. The number of hydrogen-bond acceptors (Lipinski definition) is 5. The van der Waals surface area contributed by atoms with E-state index in [0.717, 1.165) is 18.4 Å². The first-order valence-corrected chi connectivity index (χ1v) is 7.22.